The fourth-order valence-corrected chi connectivity index (χ4v) is 6.91. The normalized spacial score (nSPS) is 45.6. The minimum absolute atomic E-state index is 0.111. The number of carboxylic acid groups (broad SMARTS) is 1. The minimum atomic E-state index is -0.795. The first kappa shape index (κ1) is 15.2. The zero-order chi connectivity index (χ0) is 17.3. The Labute approximate surface area is 147 Å². The zero-order valence-corrected chi connectivity index (χ0v) is 14.3. The number of carboxylic acids is 1. The number of amides is 1. The Morgan fingerprint density at radius 2 is 1.92 bits per heavy atom. The molecule has 1 amide bonds. The van der Waals surface area contributed by atoms with Gasteiger partial charge in [-0.25, -0.2) is 0 Å². The zero-order valence-electron chi connectivity index (χ0n) is 14.3. The molecule has 0 radical (unpaired) electrons. The Morgan fingerprint density at radius 1 is 1.16 bits per heavy atom. The standard InChI is InChI=1S/C21H23NO3/c1-21-8-7-11(10-21)15-13-9-14(18(15)21)16(17(13)20(24)25)19(23)22-12-5-3-2-4-6-12/h2-8,11,13-18H,9-10H2,1H3,(H,22,23)(H,24,25). The molecule has 4 bridgehead atoms. The van der Waals surface area contributed by atoms with Gasteiger partial charge in [0.05, 0.1) is 11.8 Å². The van der Waals surface area contributed by atoms with Crippen LogP contribution in [0.1, 0.15) is 19.8 Å². The van der Waals surface area contributed by atoms with Crippen molar-refractivity contribution < 1.29 is 14.7 Å². The number of carbonyl (C=O) groups is 2. The molecule has 1 aromatic rings. The number of para-hydroxylation sites is 1. The molecule has 4 aliphatic rings. The Balaban J connectivity index is 1.48. The Bertz CT molecular complexity index is 773. The number of allylic oxidation sites excluding steroid dienone is 2. The van der Waals surface area contributed by atoms with Gasteiger partial charge in [0.1, 0.15) is 0 Å². The maximum atomic E-state index is 13.0. The molecule has 8 atom stereocenters. The van der Waals surface area contributed by atoms with Crippen molar-refractivity contribution in [2.45, 2.75) is 19.8 Å². The van der Waals surface area contributed by atoms with E-state index in [4.69, 9.17) is 0 Å². The average molecular weight is 337 g/mol. The van der Waals surface area contributed by atoms with Crippen molar-refractivity contribution in [3.8, 4) is 0 Å². The number of nitrogens with one attached hydrogen (secondary N) is 1. The van der Waals surface area contributed by atoms with Crippen LogP contribution >= 0.6 is 0 Å². The SMILES string of the molecule is CC12C=CC(C1)C1C3CC(C(C(=O)Nc4ccccc4)C3C(=O)O)C12. The molecule has 25 heavy (non-hydrogen) atoms. The predicted octanol–water partition coefficient (Wildman–Crippen LogP) is 3.42. The van der Waals surface area contributed by atoms with Crippen LogP contribution < -0.4 is 5.32 Å². The van der Waals surface area contributed by atoms with Crippen molar-refractivity contribution in [1.82, 2.24) is 0 Å². The number of hydrogen-bond donors (Lipinski definition) is 2. The summed E-state index contributed by atoms with van der Waals surface area (Å²) in [5.41, 5.74) is 0.902. The van der Waals surface area contributed by atoms with Crippen LogP contribution in [0.4, 0.5) is 5.69 Å². The van der Waals surface area contributed by atoms with Gasteiger partial charge in [-0.05, 0) is 60.0 Å². The third-order valence-corrected chi connectivity index (χ3v) is 7.51. The summed E-state index contributed by atoms with van der Waals surface area (Å²) >= 11 is 0. The van der Waals surface area contributed by atoms with Gasteiger partial charge >= 0.3 is 5.97 Å². The topological polar surface area (TPSA) is 66.4 Å². The molecule has 4 aliphatic carbocycles. The van der Waals surface area contributed by atoms with Gasteiger partial charge in [0, 0.05) is 5.69 Å². The van der Waals surface area contributed by atoms with Crippen molar-refractivity contribution in [2.75, 3.05) is 5.32 Å². The van der Waals surface area contributed by atoms with E-state index in [1.54, 1.807) is 0 Å². The van der Waals surface area contributed by atoms with Gasteiger partial charge in [-0.3, -0.25) is 9.59 Å². The van der Waals surface area contributed by atoms with Gasteiger partial charge in [0.2, 0.25) is 5.91 Å². The molecule has 1 aromatic carbocycles. The molecule has 0 spiro atoms. The van der Waals surface area contributed by atoms with E-state index in [1.165, 1.54) is 0 Å². The molecule has 0 aliphatic heterocycles. The maximum absolute atomic E-state index is 13.0. The molecule has 0 heterocycles. The van der Waals surface area contributed by atoms with Crippen molar-refractivity contribution in [2.24, 2.45) is 46.8 Å². The molecule has 4 nitrogen and oxygen atoms in total. The van der Waals surface area contributed by atoms with E-state index in [1.807, 2.05) is 30.3 Å². The molecule has 4 heteroatoms. The summed E-state index contributed by atoms with van der Waals surface area (Å²) in [6, 6.07) is 9.36. The second-order valence-electron chi connectivity index (χ2n) is 8.64. The van der Waals surface area contributed by atoms with E-state index in [-0.39, 0.29) is 23.2 Å². The van der Waals surface area contributed by atoms with E-state index in [0.717, 1.165) is 18.5 Å². The van der Waals surface area contributed by atoms with Gasteiger partial charge in [0.15, 0.2) is 0 Å². The summed E-state index contributed by atoms with van der Waals surface area (Å²) in [6.45, 7) is 2.30. The highest BCUT2D eigenvalue weighted by Gasteiger charge is 2.70. The Kier molecular flexibility index (Phi) is 3.01. The number of rotatable bonds is 3. The number of hydrogen-bond acceptors (Lipinski definition) is 2. The molecule has 3 fully saturated rings. The van der Waals surface area contributed by atoms with E-state index in [2.05, 4.69) is 24.4 Å². The highest BCUT2D eigenvalue weighted by molar-refractivity contribution is 5.96. The van der Waals surface area contributed by atoms with E-state index < -0.39 is 17.8 Å². The van der Waals surface area contributed by atoms with E-state index in [9.17, 15) is 14.7 Å². The quantitative estimate of drug-likeness (QED) is 0.656. The lowest BCUT2D eigenvalue weighted by Crippen LogP contribution is -2.46. The molecule has 2 N–H and O–H groups in total. The van der Waals surface area contributed by atoms with Crippen LogP contribution in [-0.4, -0.2) is 17.0 Å². The van der Waals surface area contributed by atoms with Crippen LogP contribution in [0.25, 0.3) is 0 Å². The fourth-order valence-electron chi connectivity index (χ4n) is 6.91. The van der Waals surface area contributed by atoms with Crippen LogP contribution in [0.3, 0.4) is 0 Å². The summed E-state index contributed by atoms with van der Waals surface area (Å²) in [5.74, 6) is -0.0622. The highest BCUT2D eigenvalue weighted by Crippen LogP contribution is 2.72. The first-order valence-electron chi connectivity index (χ1n) is 9.28. The van der Waals surface area contributed by atoms with E-state index in [0.29, 0.717) is 17.8 Å². The molecular weight excluding hydrogens is 314 g/mol. The van der Waals surface area contributed by atoms with Gasteiger partial charge in [-0.2, -0.15) is 0 Å². The van der Waals surface area contributed by atoms with Crippen LogP contribution in [-0.2, 0) is 9.59 Å². The molecule has 5 rings (SSSR count). The molecule has 0 aromatic heterocycles. The molecule has 0 saturated heterocycles. The van der Waals surface area contributed by atoms with Crippen LogP contribution in [0.2, 0.25) is 0 Å². The number of aliphatic carboxylic acids is 1. The van der Waals surface area contributed by atoms with Gasteiger partial charge in [0.25, 0.3) is 0 Å². The van der Waals surface area contributed by atoms with Crippen molar-refractivity contribution in [3.05, 3.63) is 42.5 Å². The van der Waals surface area contributed by atoms with Crippen LogP contribution in [0.5, 0.6) is 0 Å². The number of carbonyl (C=O) groups excluding carboxylic acids is 1. The Hall–Kier alpha value is -2.10. The second-order valence-corrected chi connectivity index (χ2v) is 8.64. The largest absolute Gasteiger partial charge is 0.481 e. The highest BCUT2D eigenvalue weighted by atomic mass is 16.4. The second kappa shape index (κ2) is 4.96. The third kappa shape index (κ3) is 1.94. The number of fused-ring (bicyclic) bond motifs is 9. The number of anilines is 1. The van der Waals surface area contributed by atoms with Crippen LogP contribution in [0, 0.1) is 46.8 Å². The van der Waals surface area contributed by atoms with Crippen molar-refractivity contribution in [3.63, 3.8) is 0 Å². The van der Waals surface area contributed by atoms with Gasteiger partial charge < -0.3 is 10.4 Å². The van der Waals surface area contributed by atoms with Gasteiger partial charge in [-0.15, -0.1) is 0 Å². The summed E-state index contributed by atoms with van der Waals surface area (Å²) in [4.78, 5) is 25.1. The first-order chi connectivity index (χ1) is 12.0. The summed E-state index contributed by atoms with van der Waals surface area (Å²) in [5, 5.41) is 12.8. The molecule has 3 saturated carbocycles. The van der Waals surface area contributed by atoms with Crippen LogP contribution in [0.15, 0.2) is 42.5 Å². The van der Waals surface area contributed by atoms with Crippen molar-refractivity contribution >= 4 is 17.6 Å². The molecule has 8 unspecified atom stereocenters. The lowest BCUT2D eigenvalue weighted by Gasteiger charge is -2.42. The molecular formula is C21H23NO3. The fraction of sp³-hybridized carbons (Fsp3) is 0.524. The minimum Gasteiger partial charge on any atom is -0.481 e. The molecule has 130 valence electrons. The number of benzene rings is 1. The smallest absolute Gasteiger partial charge is 0.307 e. The summed E-state index contributed by atoms with van der Waals surface area (Å²) in [6.07, 6.45) is 6.67. The summed E-state index contributed by atoms with van der Waals surface area (Å²) in [7, 11) is 0. The third-order valence-electron chi connectivity index (χ3n) is 7.51. The average Bonchev–Trinajstić information content (AvgIpc) is 3.30. The van der Waals surface area contributed by atoms with E-state index >= 15 is 0 Å². The Morgan fingerprint density at radius 3 is 2.64 bits per heavy atom. The van der Waals surface area contributed by atoms with Gasteiger partial charge in [-0.1, -0.05) is 37.3 Å². The first-order valence-corrected chi connectivity index (χ1v) is 9.28. The maximum Gasteiger partial charge on any atom is 0.307 e. The predicted molar refractivity (Wildman–Crippen MR) is 93.6 cm³/mol. The summed E-state index contributed by atoms with van der Waals surface area (Å²) < 4.78 is 0. The van der Waals surface area contributed by atoms with Crippen molar-refractivity contribution in [1.29, 1.82) is 0 Å². The lowest BCUT2D eigenvalue weighted by molar-refractivity contribution is -0.151. The monoisotopic (exact) mass is 337 g/mol. The lowest BCUT2D eigenvalue weighted by atomic mass is 9.61.